The highest BCUT2D eigenvalue weighted by Gasteiger charge is 2.22. The van der Waals surface area contributed by atoms with Crippen LogP contribution in [0.15, 0.2) is 24.3 Å². The first kappa shape index (κ1) is 13.0. The maximum atomic E-state index is 10.6. The largest absolute Gasteiger partial charge is 0.481 e. The average Bonchev–Trinajstić information content (AvgIpc) is 2.25. The fraction of sp³-hybridized carbons (Fsp3) is 0.364. The van der Waals surface area contributed by atoms with Gasteiger partial charge in [-0.25, -0.2) is 0 Å². The monoisotopic (exact) mass is 243 g/mol. The number of halogens is 1. The van der Waals surface area contributed by atoms with Crippen LogP contribution >= 0.6 is 11.6 Å². The summed E-state index contributed by atoms with van der Waals surface area (Å²) < 4.78 is 0. The fourth-order valence-electron chi connectivity index (χ4n) is 1.48. The third-order valence-corrected chi connectivity index (χ3v) is 2.65. The lowest BCUT2D eigenvalue weighted by molar-refractivity contribution is -0.139. The SMILES string of the molecule is NCC(CC(=O)O)C(O)c1ccc(Cl)cc1. The van der Waals surface area contributed by atoms with Crippen molar-refractivity contribution in [2.45, 2.75) is 12.5 Å². The Bertz CT molecular complexity index is 353. The second kappa shape index (κ2) is 5.84. The molecule has 5 heteroatoms. The minimum absolute atomic E-state index is 0.121. The highest BCUT2D eigenvalue weighted by Crippen LogP contribution is 2.25. The summed E-state index contributed by atoms with van der Waals surface area (Å²) in [7, 11) is 0. The zero-order valence-corrected chi connectivity index (χ0v) is 9.39. The normalized spacial score (nSPS) is 14.4. The first-order valence-electron chi connectivity index (χ1n) is 4.90. The van der Waals surface area contributed by atoms with Crippen molar-refractivity contribution in [1.82, 2.24) is 0 Å². The molecular weight excluding hydrogens is 230 g/mol. The smallest absolute Gasteiger partial charge is 0.303 e. The van der Waals surface area contributed by atoms with Crippen LogP contribution < -0.4 is 5.73 Å². The van der Waals surface area contributed by atoms with Gasteiger partial charge in [0.1, 0.15) is 0 Å². The van der Waals surface area contributed by atoms with Crippen molar-refractivity contribution in [2.24, 2.45) is 11.7 Å². The third-order valence-electron chi connectivity index (χ3n) is 2.40. The molecule has 0 aliphatic rings. The van der Waals surface area contributed by atoms with E-state index in [0.717, 1.165) is 0 Å². The standard InChI is InChI=1S/C11H14ClNO3/c12-9-3-1-7(2-4-9)11(16)8(6-13)5-10(14)15/h1-4,8,11,16H,5-6,13H2,(H,14,15). The Hall–Kier alpha value is -1.10. The van der Waals surface area contributed by atoms with E-state index in [1.807, 2.05) is 0 Å². The van der Waals surface area contributed by atoms with Crippen LogP contribution in [0.4, 0.5) is 0 Å². The number of carbonyl (C=O) groups is 1. The molecule has 0 fully saturated rings. The lowest BCUT2D eigenvalue weighted by Gasteiger charge is -2.20. The van der Waals surface area contributed by atoms with Crippen molar-refractivity contribution in [3.05, 3.63) is 34.9 Å². The molecule has 0 aliphatic heterocycles. The number of nitrogens with two attached hydrogens (primary N) is 1. The van der Waals surface area contributed by atoms with Gasteiger partial charge in [-0.05, 0) is 24.2 Å². The summed E-state index contributed by atoms with van der Waals surface area (Å²) in [6.45, 7) is 0.121. The number of hydrogen-bond acceptors (Lipinski definition) is 3. The van der Waals surface area contributed by atoms with E-state index in [-0.39, 0.29) is 13.0 Å². The van der Waals surface area contributed by atoms with Gasteiger partial charge >= 0.3 is 5.97 Å². The summed E-state index contributed by atoms with van der Waals surface area (Å²) in [6, 6.07) is 6.62. The number of aliphatic carboxylic acids is 1. The fourth-order valence-corrected chi connectivity index (χ4v) is 1.61. The zero-order chi connectivity index (χ0) is 12.1. The van der Waals surface area contributed by atoms with Crippen LogP contribution in [-0.2, 0) is 4.79 Å². The highest BCUT2D eigenvalue weighted by molar-refractivity contribution is 6.30. The topological polar surface area (TPSA) is 83.6 Å². The van der Waals surface area contributed by atoms with E-state index in [1.165, 1.54) is 0 Å². The Kier molecular flexibility index (Phi) is 4.73. The Balaban J connectivity index is 2.78. The summed E-state index contributed by atoms with van der Waals surface area (Å²) in [5, 5.41) is 19.2. The van der Waals surface area contributed by atoms with E-state index in [1.54, 1.807) is 24.3 Å². The summed E-state index contributed by atoms with van der Waals surface area (Å²) in [5.41, 5.74) is 6.07. The minimum atomic E-state index is -0.969. The summed E-state index contributed by atoms with van der Waals surface area (Å²) >= 11 is 5.71. The van der Waals surface area contributed by atoms with Gasteiger partial charge in [-0.15, -0.1) is 0 Å². The molecule has 16 heavy (non-hydrogen) atoms. The zero-order valence-electron chi connectivity index (χ0n) is 8.64. The lowest BCUT2D eigenvalue weighted by Crippen LogP contribution is -2.24. The molecule has 2 unspecified atom stereocenters. The van der Waals surface area contributed by atoms with E-state index in [0.29, 0.717) is 10.6 Å². The number of hydrogen-bond donors (Lipinski definition) is 3. The van der Waals surface area contributed by atoms with Crippen LogP contribution in [0.25, 0.3) is 0 Å². The molecule has 1 aromatic rings. The quantitative estimate of drug-likeness (QED) is 0.730. The highest BCUT2D eigenvalue weighted by atomic mass is 35.5. The van der Waals surface area contributed by atoms with E-state index in [4.69, 9.17) is 22.4 Å². The van der Waals surface area contributed by atoms with Gasteiger partial charge < -0.3 is 15.9 Å². The Morgan fingerprint density at radius 1 is 1.38 bits per heavy atom. The lowest BCUT2D eigenvalue weighted by atomic mass is 9.93. The number of carboxylic acid groups (broad SMARTS) is 1. The predicted molar refractivity (Wildman–Crippen MR) is 61.2 cm³/mol. The molecule has 4 N–H and O–H groups in total. The van der Waals surface area contributed by atoms with Gasteiger partial charge in [0.2, 0.25) is 0 Å². The van der Waals surface area contributed by atoms with E-state index in [9.17, 15) is 9.90 Å². The molecule has 1 rings (SSSR count). The second-order valence-corrected chi connectivity index (χ2v) is 4.03. The van der Waals surface area contributed by atoms with Gasteiger partial charge in [0.15, 0.2) is 0 Å². The molecule has 0 saturated heterocycles. The van der Waals surface area contributed by atoms with Gasteiger partial charge in [0, 0.05) is 10.9 Å². The molecule has 0 radical (unpaired) electrons. The Morgan fingerprint density at radius 3 is 2.38 bits per heavy atom. The third kappa shape index (κ3) is 3.48. The van der Waals surface area contributed by atoms with E-state index in [2.05, 4.69) is 0 Å². The molecule has 88 valence electrons. The Morgan fingerprint density at radius 2 is 1.94 bits per heavy atom. The molecule has 1 aromatic carbocycles. The number of carboxylic acids is 1. The molecule has 2 atom stereocenters. The van der Waals surface area contributed by atoms with Gasteiger partial charge in [-0.1, -0.05) is 23.7 Å². The van der Waals surface area contributed by atoms with E-state index < -0.39 is 18.0 Å². The maximum absolute atomic E-state index is 10.6. The Labute approximate surface area is 98.6 Å². The van der Waals surface area contributed by atoms with Crippen molar-refractivity contribution < 1.29 is 15.0 Å². The van der Waals surface area contributed by atoms with Gasteiger partial charge in [0.05, 0.1) is 12.5 Å². The van der Waals surface area contributed by atoms with Crippen molar-refractivity contribution in [1.29, 1.82) is 0 Å². The van der Waals surface area contributed by atoms with Crippen molar-refractivity contribution >= 4 is 17.6 Å². The molecule has 0 aliphatic carbocycles. The molecule has 0 bridgehead atoms. The van der Waals surface area contributed by atoms with Crippen molar-refractivity contribution in [3.63, 3.8) is 0 Å². The maximum Gasteiger partial charge on any atom is 0.303 e. The van der Waals surface area contributed by atoms with Gasteiger partial charge in [-0.2, -0.15) is 0 Å². The predicted octanol–water partition coefficient (Wildman–Crippen LogP) is 1.42. The van der Waals surface area contributed by atoms with Crippen molar-refractivity contribution in [2.75, 3.05) is 6.54 Å². The van der Waals surface area contributed by atoms with Crippen LogP contribution in [-0.4, -0.2) is 22.7 Å². The van der Waals surface area contributed by atoms with Gasteiger partial charge in [0.25, 0.3) is 0 Å². The average molecular weight is 244 g/mol. The van der Waals surface area contributed by atoms with Crippen LogP contribution in [0.2, 0.25) is 5.02 Å². The number of aliphatic hydroxyl groups is 1. The van der Waals surface area contributed by atoms with Crippen LogP contribution in [0.3, 0.4) is 0 Å². The van der Waals surface area contributed by atoms with Crippen LogP contribution in [0.1, 0.15) is 18.1 Å². The molecule has 4 nitrogen and oxygen atoms in total. The van der Waals surface area contributed by atoms with Crippen LogP contribution in [0.5, 0.6) is 0 Å². The minimum Gasteiger partial charge on any atom is -0.481 e. The van der Waals surface area contributed by atoms with Crippen molar-refractivity contribution in [3.8, 4) is 0 Å². The molecule has 0 heterocycles. The second-order valence-electron chi connectivity index (χ2n) is 3.59. The summed E-state index contributed by atoms with van der Waals surface area (Å²) in [4.78, 5) is 10.6. The molecule has 0 saturated carbocycles. The number of rotatable bonds is 5. The molecule has 0 aromatic heterocycles. The van der Waals surface area contributed by atoms with Gasteiger partial charge in [-0.3, -0.25) is 4.79 Å². The first-order chi connectivity index (χ1) is 7.54. The molecular formula is C11H14ClNO3. The van der Waals surface area contributed by atoms with Crippen LogP contribution in [0, 0.1) is 5.92 Å². The number of aliphatic hydroxyl groups excluding tert-OH is 1. The summed E-state index contributed by atoms with van der Waals surface area (Å²) in [6.07, 6.45) is -1.03. The first-order valence-corrected chi connectivity index (χ1v) is 5.27. The molecule has 0 amide bonds. The summed E-state index contributed by atoms with van der Waals surface area (Å²) in [5.74, 6) is -1.46. The number of benzene rings is 1. The molecule has 0 spiro atoms. The van der Waals surface area contributed by atoms with E-state index >= 15 is 0 Å².